The fourth-order valence-electron chi connectivity index (χ4n) is 2.07. The van der Waals surface area contributed by atoms with Crippen molar-refractivity contribution in [2.75, 3.05) is 32.7 Å². The zero-order valence-electron chi connectivity index (χ0n) is 10.9. The van der Waals surface area contributed by atoms with Gasteiger partial charge in [0.15, 0.2) is 0 Å². The number of hydrogen-bond donors (Lipinski definition) is 0. The SMILES string of the molecule is O=S(=O)(c1cc(CCl)cs1)N1CCN(CC(F)(F)F)CC1. The lowest BCUT2D eigenvalue weighted by atomic mass is 10.3. The van der Waals surface area contributed by atoms with Crippen LogP contribution in [0.25, 0.3) is 0 Å². The molecule has 0 N–H and O–H groups in total. The Labute approximate surface area is 130 Å². The number of nitrogens with zero attached hydrogens (tertiary/aromatic N) is 2. The van der Waals surface area contributed by atoms with Gasteiger partial charge < -0.3 is 0 Å². The Kier molecular flexibility index (Phi) is 5.19. The minimum Gasteiger partial charge on any atom is -0.292 e. The number of piperazine rings is 1. The summed E-state index contributed by atoms with van der Waals surface area (Å²) in [6, 6.07) is 1.51. The summed E-state index contributed by atoms with van der Waals surface area (Å²) in [6.45, 7) is -0.728. The molecule has 1 aromatic rings. The van der Waals surface area contributed by atoms with Crippen LogP contribution in [-0.4, -0.2) is 56.5 Å². The monoisotopic (exact) mass is 362 g/mol. The van der Waals surface area contributed by atoms with E-state index in [9.17, 15) is 21.6 Å². The van der Waals surface area contributed by atoms with Gasteiger partial charge in [0.25, 0.3) is 10.0 Å². The smallest absolute Gasteiger partial charge is 0.292 e. The number of alkyl halides is 4. The van der Waals surface area contributed by atoms with Gasteiger partial charge in [0, 0.05) is 32.1 Å². The third-order valence-corrected chi connectivity index (χ3v) is 6.78. The number of sulfonamides is 1. The molecule has 0 radical (unpaired) electrons. The van der Waals surface area contributed by atoms with Gasteiger partial charge in [0.2, 0.25) is 0 Å². The number of rotatable bonds is 4. The fourth-order valence-corrected chi connectivity index (χ4v) is 5.10. The minimum absolute atomic E-state index is 0.0620. The Morgan fingerprint density at radius 3 is 2.33 bits per heavy atom. The second kappa shape index (κ2) is 6.41. The lowest BCUT2D eigenvalue weighted by Gasteiger charge is -2.33. The molecule has 0 bridgehead atoms. The zero-order valence-corrected chi connectivity index (χ0v) is 13.3. The summed E-state index contributed by atoms with van der Waals surface area (Å²) in [6.07, 6.45) is -4.26. The summed E-state index contributed by atoms with van der Waals surface area (Å²) in [4.78, 5) is 1.21. The average Bonchev–Trinajstić information content (AvgIpc) is 2.87. The molecule has 1 aliphatic rings. The predicted octanol–water partition coefficient (Wildman–Crippen LogP) is 2.36. The molecule has 0 amide bonds. The average molecular weight is 363 g/mol. The lowest BCUT2D eigenvalue weighted by Crippen LogP contribution is -2.50. The topological polar surface area (TPSA) is 40.6 Å². The molecule has 21 heavy (non-hydrogen) atoms. The van der Waals surface area contributed by atoms with Crippen molar-refractivity contribution in [1.29, 1.82) is 0 Å². The first kappa shape index (κ1) is 17.0. The second-order valence-electron chi connectivity index (χ2n) is 4.70. The summed E-state index contributed by atoms with van der Waals surface area (Å²) >= 11 is 6.72. The van der Waals surface area contributed by atoms with E-state index < -0.39 is 22.7 Å². The van der Waals surface area contributed by atoms with Crippen LogP contribution < -0.4 is 0 Å². The number of halogens is 4. The third kappa shape index (κ3) is 4.32. The van der Waals surface area contributed by atoms with Gasteiger partial charge in [-0.25, -0.2) is 8.42 Å². The van der Waals surface area contributed by atoms with Crippen LogP contribution in [-0.2, 0) is 15.9 Å². The largest absolute Gasteiger partial charge is 0.401 e. The van der Waals surface area contributed by atoms with Crippen molar-refractivity contribution in [3.8, 4) is 0 Å². The Balaban J connectivity index is 2.01. The van der Waals surface area contributed by atoms with E-state index in [2.05, 4.69) is 0 Å². The van der Waals surface area contributed by atoms with Gasteiger partial charge in [-0.15, -0.1) is 22.9 Å². The van der Waals surface area contributed by atoms with Crippen LogP contribution in [0.5, 0.6) is 0 Å². The molecule has 1 aliphatic heterocycles. The standard InChI is InChI=1S/C11H14ClF3N2O2S2/c12-6-9-5-10(20-7-9)21(18,19)17-3-1-16(2-4-17)8-11(13,14)15/h5,7H,1-4,6,8H2. The number of hydrogen-bond acceptors (Lipinski definition) is 4. The van der Waals surface area contributed by atoms with E-state index >= 15 is 0 Å². The molecule has 10 heteroatoms. The van der Waals surface area contributed by atoms with Gasteiger partial charge in [0.1, 0.15) is 4.21 Å². The molecule has 2 rings (SSSR count). The molecular weight excluding hydrogens is 349 g/mol. The van der Waals surface area contributed by atoms with Crippen LogP contribution in [0.1, 0.15) is 5.56 Å². The van der Waals surface area contributed by atoms with E-state index in [0.29, 0.717) is 0 Å². The highest BCUT2D eigenvalue weighted by Gasteiger charge is 2.35. The normalized spacial score (nSPS) is 19.0. The van der Waals surface area contributed by atoms with E-state index in [1.165, 1.54) is 15.3 Å². The van der Waals surface area contributed by atoms with E-state index in [1.54, 1.807) is 5.38 Å². The maximum Gasteiger partial charge on any atom is 0.401 e. The van der Waals surface area contributed by atoms with E-state index in [-0.39, 0.29) is 36.3 Å². The summed E-state index contributed by atoms with van der Waals surface area (Å²) in [5.41, 5.74) is 0.718. The molecule has 2 heterocycles. The molecule has 0 aliphatic carbocycles. The Morgan fingerprint density at radius 1 is 1.24 bits per heavy atom. The van der Waals surface area contributed by atoms with Crippen LogP contribution >= 0.6 is 22.9 Å². The molecule has 0 saturated carbocycles. The summed E-state index contributed by atoms with van der Waals surface area (Å²) < 4.78 is 63.0. The van der Waals surface area contributed by atoms with Crippen molar-refractivity contribution in [3.05, 3.63) is 17.0 Å². The van der Waals surface area contributed by atoms with Crippen LogP contribution in [0.15, 0.2) is 15.7 Å². The summed E-state index contributed by atoms with van der Waals surface area (Å²) in [5, 5.41) is 1.67. The molecule has 4 nitrogen and oxygen atoms in total. The molecule has 0 aromatic carbocycles. The predicted molar refractivity (Wildman–Crippen MR) is 75.1 cm³/mol. The highest BCUT2D eigenvalue weighted by atomic mass is 35.5. The van der Waals surface area contributed by atoms with Crippen molar-refractivity contribution in [1.82, 2.24) is 9.21 Å². The number of thiophene rings is 1. The summed E-state index contributed by atoms with van der Waals surface area (Å²) in [5.74, 6) is 0.228. The van der Waals surface area contributed by atoms with Gasteiger partial charge in [-0.2, -0.15) is 17.5 Å². The maximum atomic E-state index is 12.4. The second-order valence-corrected chi connectivity index (χ2v) is 8.05. The minimum atomic E-state index is -4.26. The van der Waals surface area contributed by atoms with Gasteiger partial charge in [-0.05, 0) is 17.0 Å². The maximum absolute atomic E-state index is 12.4. The zero-order chi connectivity index (χ0) is 15.7. The van der Waals surface area contributed by atoms with Gasteiger partial charge in [0.05, 0.1) is 6.54 Å². The molecular formula is C11H14ClF3N2O2S2. The first-order chi connectivity index (χ1) is 9.72. The Bertz CT molecular complexity index is 581. The molecule has 0 atom stereocenters. The van der Waals surface area contributed by atoms with Gasteiger partial charge in [-0.1, -0.05) is 0 Å². The molecule has 1 aromatic heterocycles. The van der Waals surface area contributed by atoms with E-state index in [1.807, 2.05) is 0 Å². The van der Waals surface area contributed by atoms with Gasteiger partial charge in [-0.3, -0.25) is 4.90 Å². The molecule has 0 unspecified atom stereocenters. The van der Waals surface area contributed by atoms with Crippen LogP contribution in [0.3, 0.4) is 0 Å². The fraction of sp³-hybridized carbons (Fsp3) is 0.636. The highest BCUT2D eigenvalue weighted by molar-refractivity contribution is 7.91. The van der Waals surface area contributed by atoms with E-state index in [0.717, 1.165) is 16.9 Å². The van der Waals surface area contributed by atoms with Crippen LogP contribution in [0.2, 0.25) is 0 Å². The van der Waals surface area contributed by atoms with Crippen molar-refractivity contribution < 1.29 is 21.6 Å². The lowest BCUT2D eigenvalue weighted by molar-refractivity contribution is -0.148. The Hall–Kier alpha value is -0.350. The highest BCUT2D eigenvalue weighted by Crippen LogP contribution is 2.26. The van der Waals surface area contributed by atoms with Crippen LogP contribution in [0.4, 0.5) is 13.2 Å². The summed E-state index contributed by atoms with van der Waals surface area (Å²) in [7, 11) is -3.63. The van der Waals surface area contributed by atoms with Crippen LogP contribution in [0, 0.1) is 0 Å². The van der Waals surface area contributed by atoms with Crippen molar-refractivity contribution in [2.24, 2.45) is 0 Å². The van der Waals surface area contributed by atoms with Crippen molar-refractivity contribution >= 4 is 33.0 Å². The van der Waals surface area contributed by atoms with E-state index in [4.69, 9.17) is 11.6 Å². The molecule has 1 fully saturated rings. The first-order valence-electron chi connectivity index (χ1n) is 6.15. The molecule has 120 valence electrons. The molecule has 1 saturated heterocycles. The van der Waals surface area contributed by atoms with Crippen molar-refractivity contribution in [2.45, 2.75) is 16.3 Å². The first-order valence-corrected chi connectivity index (χ1v) is 9.00. The Morgan fingerprint density at radius 2 is 1.86 bits per heavy atom. The van der Waals surface area contributed by atoms with Gasteiger partial charge >= 0.3 is 6.18 Å². The third-order valence-electron chi connectivity index (χ3n) is 3.11. The van der Waals surface area contributed by atoms with Crippen molar-refractivity contribution in [3.63, 3.8) is 0 Å². The molecule has 0 spiro atoms. The quantitative estimate of drug-likeness (QED) is 0.772.